The summed E-state index contributed by atoms with van der Waals surface area (Å²) >= 11 is 1.63. The Kier molecular flexibility index (Phi) is 5.99. The molecule has 5 nitrogen and oxygen atoms in total. The van der Waals surface area contributed by atoms with E-state index >= 15 is 0 Å². The van der Waals surface area contributed by atoms with Gasteiger partial charge in [-0.3, -0.25) is 4.79 Å². The normalized spacial score (nSPS) is 11.1. The number of carbonyl (C=O) groups is 1. The molecule has 0 atom stereocenters. The Morgan fingerprint density at radius 2 is 1.82 bits per heavy atom. The fraction of sp³-hybridized carbons (Fsp3) is 0.273. The highest BCUT2D eigenvalue weighted by Gasteiger charge is 2.18. The van der Waals surface area contributed by atoms with Gasteiger partial charge in [-0.05, 0) is 36.4 Å². The molecular weight excluding hydrogens is 372 g/mol. The first kappa shape index (κ1) is 19.9. The summed E-state index contributed by atoms with van der Waals surface area (Å²) in [5.74, 6) is 0.994. The van der Waals surface area contributed by atoms with E-state index in [4.69, 9.17) is 14.5 Å². The number of nitrogens with one attached hydrogen (secondary N) is 1. The van der Waals surface area contributed by atoms with Gasteiger partial charge in [0.25, 0.3) is 5.91 Å². The molecule has 0 radical (unpaired) electrons. The molecule has 0 saturated heterocycles. The van der Waals surface area contributed by atoms with Gasteiger partial charge >= 0.3 is 0 Å². The van der Waals surface area contributed by atoms with Gasteiger partial charge < -0.3 is 14.8 Å². The highest BCUT2D eigenvalue weighted by Crippen LogP contribution is 2.30. The summed E-state index contributed by atoms with van der Waals surface area (Å²) in [5, 5.41) is 5.86. The smallest absolute Gasteiger partial charge is 0.262 e. The van der Waals surface area contributed by atoms with E-state index in [1.807, 2.05) is 36.4 Å². The second-order valence-corrected chi connectivity index (χ2v) is 8.21. The quantitative estimate of drug-likeness (QED) is 0.627. The molecule has 1 heterocycles. The van der Waals surface area contributed by atoms with Crippen molar-refractivity contribution in [3.05, 3.63) is 59.6 Å². The Morgan fingerprint density at radius 3 is 2.46 bits per heavy atom. The van der Waals surface area contributed by atoms with Crippen LogP contribution in [-0.4, -0.2) is 24.6 Å². The van der Waals surface area contributed by atoms with Gasteiger partial charge in [0.05, 0.1) is 18.5 Å². The Morgan fingerprint density at radius 1 is 1.11 bits per heavy atom. The maximum Gasteiger partial charge on any atom is 0.262 e. The molecule has 0 bridgehead atoms. The van der Waals surface area contributed by atoms with Crippen LogP contribution in [0.1, 0.15) is 26.5 Å². The molecule has 0 saturated carbocycles. The molecule has 146 valence electrons. The van der Waals surface area contributed by atoms with Crippen molar-refractivity contribution >= 4 is 22.9 Å². The number of aromatic nitrogens is 1. The van der Waals surface area contributed by atoms with Gasteiger partial charge in [0.1, 0.15) is 16.5 Å². The lowest BCUT2D eigenvalue weighted by molar-refractivity contribution is -0.118. The molecule has 6 heteroatoms. The molecule has 0 spiro atoms. The number of methoxy groups -OCH3 is 1. The minimum absolute atomic E-state index is 0.0343. The molecule has 1 amide bonds. The van der Waals surface area contributed by atoms with Crippen LogP contribution in [-0.2, 0) is 10.2 Å². The van der Waals surface area contributed by atoms with E-state index in [2.05, 4.69) is 31.5 Å². The summed E-state index contributed by atoms with van der Waals surface area (Å²) in [4.78, 5) is 16.9. The van der Waals surface area contributed by atoms with Crippen molar-refractivity contribution in [2.45, 2.75) is 26.2 Å². The molecule has 3 aromatic rings. The predicted octanol–water partition coefficient (Wildman–Crippen LogP) is 5.13. The van der Waals surface area contributed by atoms with E-state index in [9.17, 15) is 4.79 Å². The Bertz CT molecular complexity index is 943. The number of carbonyl (C=O) groups excluding carboxylic acids is 1. The summed E-state index contributed by atoms with van der Waals surface area (Å²) in [5.41, 5.74) is 2.77. The number of amides is 1. The largest absolute Gasteiger partial charge is 0.495 e. The van der Waals surface area contributed by atoms with Gasteiger partial charge in [-0.25, -0.2) is 4.98 Å². The zero-order valence-electron chi connectivity index (χ0n) is 16.5. The highest BCUT2D eigenvalue weighted by atomic mass is 32.1. The Balaban J connectivity index is 1.58. The predicted molar refractivity (Wildman–Crippen MR) is 113 cm³/mol. The van der Waals surface area contributed by atoms with Gasteiger partial charge in [0, 0.05) is 16.4 Å². The van der Waals surface area contributed by atoms with Crippen LogP contribution in [0.3, 0.4) is 0 Å². The summed E-state index contributed by atoms with van der Waals surface area (Å²) in [6, 6.07) is 14.9. The van der Waals surface area contributed by atoms with E-state index < -0.39 is 0 Å². The van der Waals surface area contributed by atoms with Crippen molar-refractivity contribution in [1.82, 2.24) is 4.98 Å². The molecule has 28 heavy (non-hydrogen) atoms. The van der Waals surface area contributed by atoms with Gasteiger partial charge in [-0.2, -0.15) is 0 Å². The molecule has 1 N–H and O–H groups in total. The van der Waals surface area contributed by atoms with Crippen LogP contribution >= 0.6 is 11.3 Å². The van der Waals surface area contributed by atoms with Gasteiger partial charge in [-0.1, -0.05) is 32.9 Å². The van der Waals surface area contributed by atoms with Crippen LogP contribution in [0, 0.1) is 0 Å². The highest BCUT2D eigenvalue weighted by molar-refractivity contribution is 7.13. The number of ether oxygens (including phenoxy) is 2. The third-order valence-electron chi connectivity index (χ3n) is 4.12. The summed E-state index contributed by atoms with van der Waals surface area (Å²) in [6.07, 6.45) is 0. The maximum absolute atomic E-state index is 12.1. The molecule has 0 aliphatic carbocycles. The zero-order valence-corrected chi connectivity index (χ0v) is 17.3. The third-order valence-corrected chi connectivity index (χ3v) is 5.02. The Hall–Kier alpha value is -2.86. The van der Waals surface area contributed by atoms with Crippen LogP contribution in [0.2, 0.25) is 0 Å². The minimum atomic E-state index is -0.247. The fourth-order valence-corrected chi connectivity index (χ4v) is 3.58. The molecule has 1 aromatic heterocycles. The van der Waals surface area contributed by atoms with Crippen LogP contribution in [0.4, 0.5) is 5.69 Å². The standard InChI is InChI=1S/C22H24N2O3S/c1-22(2,3)19-14-28-21(24-19)15-9-11-16(12-10-15)27-13-20(25)23-17-7-5-6-8-18(17)26-4/h5-12,14H,13H2,1-4H3,(H,23,25). The number of anilines is 1. The molecule has 0 unspecified atom stereocenters. The number of nitrogens with zero attached hydrogens (tertiary/aromatic N) is 1. The number of hydrogen-bond donors (Lipinski definition) is 1. The molecule has 2 aromatic carbocycles. The fourth-order valence-electron chi connectivity index (χ4n) is 2.53. The van der Waals surface area contributed by atoms with Gasteiger partial charge in [0.2, 0.25) is 0 Å². The van der Waals surface area contributed by atoms with E-state index in [1.54, 1.807) is 30.6 Å². The van der Waals surface area contributed by atoms with Crippen molar-refractivity contribution in [3.8, 4) is 22.1 Å². The third kappa shape index (κ3) is 4.89. The number of para-hydroxylation sites is 2. The monoisotopic (exact) mass is 396 g/mol. The molecule has 0 aliphatic rings. The van der Waals surface area contributed by atoms with E-state index in [-0.39, 0.29) is 17.9 Å². The lowest BCUT2D eigenvalue weighted by atomic mass is 9.93. The Labute approximate surface area is 169 Å². The van der Waals surface area contributed by atoms with Crippen LogP contribution < -0.4 is 14.8 Å². The summed E-state index contributed by atoms with van der Waals surface area (Å²) in [6.45, 7) is 6.37. The van der Waals surface area contributed by atoms with Crippen molar-refractivity contribution < 1.29 is 14.3 Å². The van der Waals surface area contributed by atoms with Crippen molar-refractivity contribution in [2.24, 2.45) is 0 Å². The van der Waals surface area contributed by atoms with E-state index in [1.165, 1.54) is 0 Å². The second kappa shape index (κ2) is 8.44. The van der Waals surface area contributed by atoms with Gasteiger partial charge in [0.15, 0.2) is 6.61 Å². The van der Waals surface area contributed by atoms with Crippen LogP contribution in [0.25, 0.3) is 10.6 Å². The first-order chi connectivity index (χ1) is 13.4. The summed E-state index contributed by atoms with van der Waals surface area (Å²) in [7, 11) is 1.57. The molecule has 0 aliphatic heterocycles. The second-order valence-electron chi connectivity index (χ2n) is 7.35. The van der Waals surface area contributed by atoms with Crippen molar-refractivity contribution in [3.63, 3.8) is 0 Å². The van der Waals surface area contributed by atoms with E-state index in [0.717, 1.165) is 16.3 Å². The average molecular weight is 397 g/mol. The van der Waals surface area contributed by atoms with Crippen molar-refractivity contribution in [1.29, 1.82) is 0 Å². The number of thiazole rings is 1. The minimum Gasteiger partial charge on any atom is -0.495 e. The topological polar surface area (TPSA) is 60.5 Å². The lowest BCUT2D eigenvalue weighted by Gasteiger charge is -2.14. The molecular formula is C22H24N2O3S. The summed E-state index contributed by atoms with van der Waals surface area (Å²) < 4.78 is 10.8. The number of rotatable bonds is 6. The zero-order chi connectivity index (χ0) is 20.1. The average Bonchev–Trinajstić information content (AvgIpc) is 3.18. The number of benzene rings is 2. The van der Waals surface area contributed by atoms with Gasteiger partial charge in [-0.15, -0.1) is 11.3 Å². The van der Waals surface area contributed by atoms with Crippen LogP contribution in [0.15, 0.2) is 53.9 Å². The first-order valence-electron chi connectivity index (χ1n) is 8.99. The molecule has 0 fully saturated rings. The SMILES string of the molecule is COc1ccccc1NC(=O)COc1ccc(-c2nc(C(C)(C)C)cs2)cc1. The first-order valence-corrected chi connectivity index (χ1v) is 9.87. The van der Waals surface area contributed by atoms with Crippen LogP contribution in [0.5, 0.6) is 11.5 Å². The molecule has 3 rings (SSSR count). The van der Waals surface area contributed by atoms with E-state index in [0.29, 0.717) is 17.2 Å². The lowest BCUT2D eigenvalue weighted by Crippen LogP contribution is -2.20. The number of hydrogen-bond acceptors (Lipinski definition) is 5. The van der Waals surface area contributed by atoms with Crippen molar-refractivity contribution in [2.75, 3.05) is 19.0 Å². The maximum atomic E-state index is 12.1.